The maximum atomic E-state index is 12.4. The predicted molar refractivity (Wildman–Crippen MR) is 105 cm³/mol. The molecule has 25 heavy (non-hydrogen) atoms. The summed E-state index contributed by atoms with van der Waals surface area (Å²) in [5, 5.41) is 10.4. The maximum Gasteiger partial charge on any atom is 0.223 e. The molecule has 1 aliphatic rings. The van der Waals surface area contributed by atoms with E-state index in [1.165, 1.54) is 11.1 Å². The Balaban J connectivity index is 2.78. The van der Waals surface area contributed by atoms with Gasteiger partial charge in [0.1, 0.15) is 6.10 Å². The molecule has 140 valence electrons. The third-order valence-corrected chi connectivity index (χ3v) is 4.57. The molecule has 1 unspecified atom stereocenters. The van der Waals surface area contributed by atoms with Gasteiger partial charge in [0.25, 0.3) is 0 Å². The van der Waals surface area contributed by atoms with Crippen molar-refractivity contribution in [1.29, 1.82) is 0 Å². The van der Waals surface area contributed by atoms with Crippen molar-refractivity contribution in [3.8, 4) is 0 Å². The molecule has 1 atom stereocenters. The van der Waals surface area contributed by atoms with E-state index in [1.807, 2.05) is 6.08 Å². The first-order valence-electron chi connectivity index (χ1n) is 9.39. The summed E-state index contributed by atoms with van der Waals surface area (Å²) in [5.41, 5.74) is 3.95. The van der Waals surface area contributed by atoms with Gasteiger partial charge in [-0.25, -0.2) is 0 Å². The van der Waals surface area contributed by atoms with Crippen LogP contribution in [0.5, 0.6) is 0 Å². The Morgan fingerprint density at radius 3 is 2.56 bits per heavy atom. The van der Waals surface area contributed by atoms with Crippen molar-refractivity contribution in [3.05, 3.63) is 46.3 Å². The van der Waals surface area contributed by atoms with Crippen LogP contribution in [0.2, 0.25) is 0 Å². The third kappa shape index (κ3) is 7.03. The van der Waals surface area contributed by atoms with Crippen LogP contribution in [0.25, 0.3) is 0 Å². The van der Waals surface area contributed by atoms with Gasteiger partial charge < -0.3 is 9.84 Å². The Kier molecular flexibility index (Phi) is 9.51. The van der Waals surface area contributed by atoms with Crippen LogP contribution in [-0.4, -0.2) is 24.1 Å². The van der Waals surface area contributed by atoms with Gasteiger partial charge in [-0.15, -0.1) is 0 Å². The number of carbonyl (C=O) groups excluding carboxylic acids is 1. The average molecular weight is 347 g/mol. The smallest absolute Gasteiger partial charge is 0.223 e. The van der Waals surface area contributed by atoms with Crippen molar-refractivity contribution in [1.82, 2.24) is 0 Å². The van der Waals surface area contributed by atoms with Crippen molar-refractivity contribution in [2.75, 3.05) is 7.11 Å². The zero-order valence-corrected chi connectivity index (χ0v) is 16.5. The normalized spacial score (nSPS) is 18.4. The monoisotopic (exact) mass is 346 g/mol. The van der Waals surface area contributed by atoms with E-state index in [1.54, 1.807) is 7.11 Å². The fourth-order valence-corrected chi connectivity index (χ4v) is 2.95. The summed E-state index contributed by atoms with van der Waals surface area (Å²) in [7, 11) is 1.62. The molecule has 1 N–H and O–H groups in total. The second kappa shape index (κ2) is 11.1. The lowest BCUT2D eigenvalue weighted by molar-refractivity contribution is -0.115. The second-order valence-corrected chi connectivity index (χ2v) is 7.08. The summed E-state index contributed by atoms with van der Waals surface area (Å²) in [4.78, 5) is 12.4. The minimum atomic E-state index is -0.309. The Morgan fingerprint density at radius 2 is 1.96 bits per heavy atom. The number of allylic oxidation sites excluding steroid dienone is 5. The van der Waals surface area contributed by atoms with E-state index in [4.69, 9.17) is 4.74 Å². The van der Waals surface area contributed by atoms with E-state index in [9.17, 15) is 9.90 Å². The predicted octanol–water partition coefficient (Wildman–Crippen LogP) is 5.99. The SMILES string of the molecule is CCCCCC1=CC(OC)C(C/C=C(\C)CCC=C(C)C)=C(O)C1=O. The van der Waals surface area contributed by atoms with E-state index in [0.717, 1.165) is 32.1 Å². The minimum Gasteiger partial charge on any atom is -0.504 e. The number of ketones is 1. The van der Waals surface area contributed by atoms with Gasteiger partial charge in [-0.3, -0.25) is 4.79 Å². The fourth-order valence-electron chi connectivity index (χ4n) is 2.95. The quantitative estimate of drug-likeness (QED) is 0.390. The van der Waals surface area contributed by atoms with Crippen molar-refractivity contribution in [3.63, 3.8) is 0 Å². The minimum absolute atomic E-state index is 0.116. The lowest BCUT2D eigenvalue weighted by Crippen LogP contribution is -2.24. The van der Waals surface area contributed by atoms with E-state index in [2.05, 4.69) is 39.8 Å². The molecule has 3 heteroatoms. The largest absolute Gasteiger partial charge is 0.504 e. The number of hydrogen-bond acceptors (Lipinski definition) is 3. The van der Waals surface area contributed by atoms with Crippen molar-refractivity contribution in [2.45, 2.75) is 78.7 Å². The number of aliphatic hydroxyl groups excluding tert-OH is 1. The summed E-state index contributed by atoms with van der Waals surface area (Å²) < 4.78 is 5.52. The standard InChI is InChI=1S/C22H34O3/c1-6-7-8-12-18-15-20(25-5)19(22(24)21(18)23)14-13-17(4)11-9-10-16(2)3/h10,13,15,20,24H,6-9,11-12,14H2,1-5H3/b17-13+. The van der Waals surface area contributed by atoms with Crippen LogP contribution in [-0.2, 0) is 9.53 Å². The molecule has 0 saturated heterocycles. The molecule has 0 bridgehead atoms. The van der Waals surface area contributed by atoms with Gasteiger partial charge in [0.2, 0.25) is 5.78 Å². The van der Waals surface area contributed by atoms with Crippen LogP contribution >= 0.6 is 0 Å². The molecule has 0 amide bonds. The van der Waals surface area contributed by atoms with Crippen LogP contribution in [0, 0.1) is 0 Å². The topological polar surface area (TPSA) is 46.5 Å². The van der Waals surface area contributed by atoms with Gasteiger partial charge in [0.15, 0.2) is 5.76 Å². The van der Waals surface area contributed by atoms with E-state index in [-0.39, 0.29) is 17.6 Å². The molecule has 0 heterocycles. The highest BCUT2D eigenvalue weighted by molar-refractivity contribution is 6.08. The number of Topliss-reactive ketones (excluding diaryl/α,β-unsaturated/α-hetero) is 1. The fraction of sp³-hybridized carbons (Fsp3) is 0.591. The van der Waals surface area contributed by atoms with Gasteiger partial charge in [0.05, 0.1) is 0 Å². The molecule has 0 aromatic carbocycles. The number of rotatable bonds is 10. The van der Waals surface area contributed by atoms with Crippen LogP contribution in [0.3, 0.4) is 0 Å². The van der Waals surface area contributed by atoms with Gasteiger partial charge in [-0.05, 0) is 59.0 Å². The number of ether oxygens (including phenoxy) is 1. The molecule has 3 nitrogen and oxygen atoms in total. The second-order valence-electron chi connectivity index (χ2n) is 7.08. The lowest BCUT2D eigenvalue weighted by Gasteiger charge is -2.23. The Morgan fingerprint density at radius 1 is 1.24 bits per heavy atom. The number of hydrogen-bond donors (Lipinski definition) is 1. The highest BCUT2D eigenvalue weighted by atomic mass is 16.5. The molecule has 0 aliphatic heterocycles. The van der Waals surface area contributed by atoms with Crippen molar-refractivity contribution >= 4 is 5.78 Å². The molecule has 0 radical (unpaired) electrons. The van der Waals surface area contributed by atoms with Crippen molar-refractivity contribution < 1.29 is 14.6 Å². The molecular weight excluding hydrogens is 312 g/mol. The average Bonchev–Trinajstić information content (AvgIpc) is 2.57. The highest BCUT2D eigenvalue weighted by Gasteiger charge is 2.28. The first kappa shape index (κ1) is 21.4. The Hall–Kier alpha value is -1.61. The van der Waals surface area contributed by atoms with E-state index < -0.39 is 0 Å². The molecule has 0 aromatic rings. The van der Waals surface area contributed by atoms with Gasteiger partial charge >= 0.3 is 0 Å². The summed E-state index contributed by atoms with van der Waals surface area (Å²) in [6.45, 7) is 8.43. The highest BCUT2D eigenvalue weighted by Crippen LogP contribution is 2.28. The number of unbranched alkanes of at least 4 members (excludes halogenated alkanes) is 2. The third-order valence-electron chi connectivity index (χ3n) is 4.57. The molecule has 1 aliphatic carbocycles. The van der Waals surface area contributed by atoms with Crippen LogP contribution in [0.15, 0.2) is 46.3 Å². The number of methoxy groups -OCH3 is 1. The van der Waals surface area contributed by atoms with Gasteiger partial charge in [-0.2, -0.15) is 0 Å². The lowest BCUT2D eigenvalue weighted by atomic mass is 9.89. The molecule has 0 saturated carbocycles. The van der Waals surface area contributed by atoms with Crippen LogP contribution in [0.4, 0.5) is 0 Å². The zero-order valence-electron chi connectivity index (χ0n) is 16.5. The number of aliphatic hydroxyl groups is 1. The van der Waals surface area contributed by atoms with Crippen LogP contribution in [0.1, 0.15) is 72.6 Å². The molecule has 0 spiro atoms. The van der Waals surface area contributed by atoms with Crippen molar-refractivity contribution in [2.24, 2.45) is 0 Å². The summed E-state index contributed by atoms with van der Waals surface area (Å²) in [6, 6.07) is 0. The molecular formula is C22H34O3. The first-order valence-corrected chi connectivity index (χ1v) is 9.39. The first-order chi connectivity index (χ1) is 11.9. The van der Waals surface area contributed by atoms with E-state index >= 15 is 0 Å². The summed E-state index contributed by atoms with van der Waals surface area (Å²) in [6.07, 6.45) is 12.3. The number of carbonyl (C=O) groups is 1. The maximum absolute atomic E-state index is 12.4. The van der Waals surface area contributed by atoms with E-state index in [0.29, 0.717) is 24.0 Å². The zero-order chi connectivity index (χ0) is 18.8. The Labute approximate surface area is 153 Å². The van der Waals surface area contributed by atoms with Gasteiger partial charge in [-0.1, -0.05) is 43.1 Å². The molecule has 0 fully saturated rings. The molecule has 0 aromatic heterocycles. The van der Waals surface area contributed by atoms with Crippen LogP contribution < -0.4 is 0 Å². The summed E-state index contributed by atoms with van der Waals surface area (Å²) >= 11 is 0. The molecule has 1 rings (SSSR count). The van der Waals surface area contributed by atoms with Gasteiger partial charge in [0, 0.05) is 18.3 Å². The Bertz CT molecular complexity index is 572. The summed E-state index contributed by atoms with van der Waals surface area (Å²) in [5.74, 6) is -0.343.